The average molecular weight is 278 g/mol. The highest BCUT2D eigenvalue weighted by Crippen LogP contribution is 2.22. The van der Waals surface area contributed by atoms with Gasteiger partial charge in [-0.3, -0.25) is 4.68 Å². The molecular weight excluding hydrogens is 259 g/mol. The number of hydrogen-bond donors (Lipinski definition) is 1. The van der Waals surface area contributed by atoms with Gasteiger partial charge in [-0.25, -0.2) is 4.39 Å². The van der Waals surface area contributed by atoms with Crippen LogP contribution in [-0.4, -0.2) is 22.0 Å². The van der Waals surface area contributed by atoms with E-state index in [0.717, 1.165) is 24.1 Å². The molecular formula is C15H19FN2O2. The predicted octanol–water partition coefficient (Wildman–Crippen LogP) is 2.72. The van der Waals surface area contributed by atoms with E-state index < -0.39 is 11.9 Å². The molecule has 4 nitrogen and oxygen atoms in total. The summed E-state index contributed by atoms with van der Waals surface area (Å²) in [6.45, 7) is 2.89. The minimum Gasteiger partial charge on any atom is -0.494 e. The summed E-state index contributed by atoms with van der Waals surface area (Å²) in [5.41, 5.74) is 1.47. The molecule has 0 aliphatic heterocycles. The lowest BCUT2D eigenvalue weighted by Gasteiger charge is -2.09. The van der Waals surface area contributed by atoms with Gasteiger partial charge in [0.15, 0.2) is 11.6 Å². The molecule has 2 aromatic rings. The van der Waals surface area contributed by atoms with Gasteiger partial charge in [0, 0.05) is 24.7 Å². The number of rotatable bonds is 6. The quantitative estimate of drug-likeness (QED) is 0.883. The van der Waals surface area contributed by atoms with E-state index >= 15 is 0 Å². The van der Waals surface area contributed by atoms with Crippen LogP contribution in [-0.2, 0) is 13.0 Å². The van der Waals surface area contributed by atoms with Crippen LogP contribution in [0.2, 0.25) is 0 Å². The Morgan fingerprint density at radius 3 is 2.90 bits per heavy atom. The van der Waals surface area contributed by atoms with Crippen molar-refractivity contribution in [3.8, 4) is 5.75 Å². The maximum Gasteiger partial charge on any atom is 0.165 e. The highest BCUT2D eigenvalue weighted by molar-refractivity contribution is 5.30. The smallest absolute Gasteiger partial charge is 0.165 e. The minimum absolute atomic E-state index is 0.207. The Labute approximate surface area is 117 Å². The van der Waals surface area contributed by atoms with Gasteiger partial charge in [0.2, 0.25) is 0 Å². The Bertz CT molecular complexity index is 569. The van der Waals surface area contributed by atoms with Crippen molar-refractivity contribution >= 4 is 0 Å². The molecule has 20 heavy (non-hydrogen) atoms. The second-order valence-corrected chi connectivity index (χ2v) is 4.73. The van der Waals surface area contributed by atoms with Crippen LogP contribution in [0.3, 0.4) is 0 Å². The molecule has 1 N–H and O–H groups in total. The maximum atomic E-state index is 13.6. The molecule has 0 fully saturated rings. The second kappa shape index (κ2) is 6.52. The van der Waals surface area contributed by atoms with Gasteiger partial charge < -0.3 is 9.84 Å². The van der Waals surface area contributed by atoms with Gasteiger partial charge in [0.1, 0.15) is 0 Å². The number of hydrogen-bond acceptors (Lipinski definition) is 3. The van der Waals surface area contributed by atoms with Crippen molar-refractivity contribution in [3.63, 3.8) is 0 Å². The summed E-state index contributed by atoms with van der Waals surface area (Å²) >= 11 is 0. The Morgan fingerprint density at radius 1 is 1.45 bits per heavy atom. The Hall–Kier alpha value is -1.88. The number of aliphatic hydroxyl groups is 1. The van der Waals surface area contributed by atoms with E-state index in [4.69, 9.17) is 4.74 Å². The number of nitrogens with zero attached hydrogens (tertiary/aromatic N) is 2. The molecule has 0 radical (unpaired) electrons. The predicted molar refractivity (Wildman–Crippen MR) is 74.1 cm³/mol. The first-order valence-corrected chi connectivity index (χ1v) is 6.67. The number of methoxy groups -OCH3 is 1. The molecule has 0 aliphatic rings. The van der Waals surface area contributed by atoms with Crippen LogP contribution in [0.15, 0.2) is 30.6 Å². The van der Waals surface area contributed by atoms with Crippen molar-refractivity contribution in [3.05, 3.63) is 47.5 Å². The second-order valence-electron chi connectivity index (χ2n) is 4.73. The number of aromatic nitrogens is 2. The van der Waals surface area contributed by atoms with Gasteiger partial charge in [0.25, 0.3) is 0 Å². The lowest BCUT2D eigenvalue weighted by atomic mass is 10.0. The van der Waals surface area contributed by atoms with Crippen LogP contribution in [0, 0.1) is 5.82 Å². The van der Waals surface area contributed by atoms with Crippen LogP contribution in [0.1, 0.15) is 30.6 Å². The molecule has 0 amide bonds. The van der Waals surface area contributed by atoms with Gasteiger partial charge in [-0.15, -0.1) is 0 Å². The molecule has 108 valence electrons. The zero-order chi connectivity index (χ0) is 14.5. The first-order valence-electron chi connectivity index (χ1n) is 6.67. The average Bonchev–Trinajstić information content (AvgIpc) is 2.88. The zero-order valence-electron chi connectivity index (χ0n) is 11.7. The van der Waals surface area contributed by atoms with Crippen LogP contribution >= 0.6 is 0 Å². The number of aliphatic hydroxyl groups excluding tert-OH is 1. The standard InChI is InChI=1S/C15H19FN2O2/c1-3-6-18-10-12(9-17-18)14(19)8-11-4-5-15(20-2)13(16)7-11/h4-5,7,9-10,14,19H,3,6,8H2,1-2H3. The fourth-order valence-corrected chi connectivity index (χ4v) is 2.08. The van der Waals surface area contributed by atoms with Crippen molar-refractivity contribution in [2.75, 3.05) is 7.11 Å². The van der Waals surface area contributed by atoms with E-state index in [1.165, 1.54) is 13.2 Å². The fourth-order valence-electron chi connectivity index (χ4n) is 2.08. The molecule has 0 spiro atoms. The summed E-state index contributed by atoms with van der Waals surface area (Å²) in [6, 6.07) is 4.71. The van der Waals surface area contributed by atoms with Crippen molar-refractivity contribution in [1.82, 2.24) is 9.78 Å². The molecule has 1 aromatic heterocycles. The largest absolute Gasteiger partial charge is 0.494 e. The van der Waals surface area contributed by atoms with E-state index in [9.17, 15) is 9.50 Å². The summed E-state index contributed by atoms with van der Waals surface area (Å²) in [5, 5.41) is 14.3. The van der Waals surface area contributed by atoms with Gasteiger partial charge in [-0.05, 0) is 24.1 Å². The lowest BCUT2D eigenvalue weighted by molar-refractivity contribution is 0.178. The van der Waals surface area contributed by atoms with Crippen molar-refractivity contribution in [2.45, 2.75) is 32.4 Å². The molecule has 0 bridgehead atoms. The molecule has 1 aromatic carbocycles. The van der Waals surface area contributed by atoms with Gasteiger partial charge in [0.05, 0.1) is 19.4 Å². The monoisotopic (exact) mass is 278 g/mol. The molecule has 5 heteroatoms. The zero-order valence-corrected chi connectivity index (χ0v) is 11.7. The van der Waals surface area contributed by atoms with E-state index in [1.807, 2.05) is 6.20 Å². The Morgan fingerprint density at radius 2 is 2.25 bits per heavy atom. The summed E-state index contributed by atoms with van der Waals surface area (Å²) in [4.78, 5) is 0. The molecule has 2 rings (SSSR count). The van der Waals surface area contributed by atoms with Crippen molar-refractivity contribution in [2.24, 2.45) is 0 Å². The molecule has 1 atom stereocenters. The SMILES string of the molecule is CCCn1cc(C(O)Cc2ccc(OC)c(F)c2)cn1. The van der Waals surface area contributed by atoms with Gasteiger partial charge >= 0.3 is 0 Å². The Balaban J connectivity index is 2.06. The normalized spacial score (nSPS) is 12.4. The van der Waals surface area contributed by atoms with E-state index in [0.29, 0.717) is 6.42 Å². The number of aryl methyl sites for hydroxylation is 1. The highest BCUT2D eigenvalue weighted by Gasteiger charge is 2.12. The van der Waals surface area contributed by atoms with Crippen LogP contribution < -0.4 is 4.74 Å². The summed E-state index contributed by atoms with van der Waals surface area (Å²) in [7, 11) is 1.43. The van der Waals surface area contributed by atoms with Crippen molar-refractivity contribution < 1.29 is 14.2 Å². The lowest BCUT2D eigenvalue weighted by Crippen LogP contribution is -2.02. The molecule has 0 aliphatic carbocycles. The third-order valence-corrected chi connectivity index (χ3v) is 3.14. The minimum atomic E-state index is -0.687. The van der Waals surface area contributed by atoms with Gasteiger partial charge in [-0.2, -0.15) is 5.10 Å². The van der Waals surface area contributed by atoms with Crippen LogP contribution in [0.25, 0.3) is 0 Å². The fraction of sp³-hybridized carbons (Fsp3) is 0.400. The Kier molecular flexibility index (Phi) is 4.74. The first-order chi connectivity index (χ1) is 9.63. The van der Waals surface area contributed by atoms with Crippen LogP contribution in [0.4, 0.5) is 4.39 Å². The molecule has 1 heterocycles. The maximum absolute atomic E-state index is 13.6. The first kappa shape index (κ1) is 14.5. The molecule has 0 saturated carbocycles. The highest BCUT2D eigenvalue weighted by atomic mass is 19.1. The van der Waals surface area contributed by atoms with Crippen LogP contribution in [0.5, 0.6) is 5.75 Å². The van der Waals surface area contributed by atoms with E-state index in [2.05, 4.69) is 12.0 Å². The summed E-state index contributed by atoms with van der Waals surface area (Å²) in [6.07, 6.45) is 4.13. The molecule has 1 unspecified atom stereocenters. The van der Waals surface area contributed by atoms with Crippen molar-refractivity contribution in [1.29, 1.82) is 0 Å². The molecule has 0 saturated heterocycles. The van der Waals surface area contributed by atoms with E-state index in [1.54, 1.807) is 23.0 Å². The summed E-state index contributed by atoms with van der Waals surface area (Å²) < 4.78 is 20.3. The number of benzene rings is 1. The third kappa shape index (κ3) is 3.36. The summed E-state index contributed by atoms with van der Waals surface area (Å²) in [5.74, 6) is -0.210. The van der Waals surface area contributed by atoms with Gasteiger partial charge in [-0.1, -0.05) is 13.0 Å². The third-order valence-electron chi connectivity index (χ3n) is 3.14. The number of ether oxygens (including phenoxy) is 1. The number of halogens is 1. The van der Waals surface area contributed by atoms with E-state index in [-0.39, 0.29) is 5.75 Å². The topological polar surface area (TPSA) is 47.3 Å².